The number of aryl methyl sites for hydroxylation is 1. The Morgan fingerprint density at radius 3 is 2.30 bits per heavy atom. The first-order valence-corrected chi connectivity index (χ1v) is 6.76. The van der Waals surface area contributed by atoms with E-state index in [0.29, 0.717) is 12.0 Å². The maximum Gasteiger partial charge on any atom is 0.269 e. The average molecular weight is 293 g/mol. The first kappa shape index (κ1) is 16.1. The first-order chi connectivity index (χ1) is 9.38. The molecule has 108 valence electrons. The van der Waals surface area contributed by atoms with E-state index in [1.807, 2.05) is 32.9 Å². The average Bonchev–Trinajstić information content (AvgIpc) is 2.35. The standard InChI is InChI=1S/C14H19N3O2S/c1-9(2)8-12(18)15-14(20)17-16-13(19)11-6-4-10(3)5-7-11/h4-7,9H,8H2,1-3H3,(H,16,19)(H2,15,17,18,20). The van der Waals surface area contributed by atoms with E-state index in [1.54, 1.807) is 12.1 Å². The van der Waals surface area contributed by atoms with Crippen molar-refractivity contribution in [3.63, 3.8) is 0 Å². The summed E-state index contributed by atoms with van der Waals surface area (Å²) in [4.78, 5) is 23.2. The van der Waals surface area contributed by atoms with Crippen molar-refractivity contribution in [1.29, 1.82) is 0 Å². The summed E-state index contributed by atoms with van der Waals surface area (Å²) < 4.78 is 0. The molecule has 1 aromatic carbocycles. The van der Waals surface area contributed by atoms with E-state index >= 15 is 0 Å². The topological polar surface area (TPSA) is 70.2 Å². The van der Waals surface area contributed by atoms with Gasteiger partial charge in [-0.3, -0.25) is 20.4 Å². The van der Waals surface area contributed by atoms with Crippen molar-refractivity contribution in [1.82, 2.24) is 16.2 Å². The van der Waals surface area contributed by atoms with Gasteiger partial charge >= 0.3 is 0 Å². The van der Waals surface area contributed by atoms with Crippen molar-refractivity contribution >= 4 is 29.1 Å². The number of hydrazine groups is 1. The van der Waals surface area contributed by atoms with Crippen molar-refractivity contribution in [3.8, 4) is 0 Å². The van der Waals surface area contributed by atoms with Gasteiger partial charge in [-0.1, -0.05) is 31.5 Å². The van der Waals surface area contributed by atoms with Crippen LogP contribution in [0.4, 0.5) is 0 Å². The molecule has 1 rings (SSSR count). The van der Waals surface area contributed by atoms with Gasteiger partial charge in [-0.2, -0.15) is 0 Å². The number of amides is 2. The summed E-state index contributed by atoms with van der Waals surface area (Å²) in [6.07, 6.45) is 0.383. The molecule has 0 fully saturated rings. The lowest BCUT2D eigenvalue weighted by Gasteiger charge is -2.11. The van der Waals surface area contributed by atoms with Crippen LogP contribution in [0, 0.1) is 12.8 Å². The van der Waals surface area contributed by atoms with Crippen LogP contribution in [-0.4, -0.2) is 16.9 Å². The Balaban J connectivity index is 2.39. The summed E-state index contributed by atoms with van der Waals surface area (Å²) in [6, 6.07) is 7.12. The fourth-order valence-corrected chi connectivity index (χ4v) is 1.64. The minimum absolute atomic E-state index is 0.0797. The summed E-state index contributed by atoms with van der Waals surface area (Å²) >= 11 is 4.91. The van der Waals surface area contributed by atoms with Crippen LogP contribution in [0.1, 0.15) is 36.2 Å². The van der Waals surface area contributed by atoms with E-state index in [-0.39, 0.29) is 22.8 Å². The molecule has 0 aromatic heterocycles. The van der Waals surface area contributed by atoms with Gasteiger partial charge in [0.25, 0.3) is 5.91 Å². The zero-order valence-electron chi connectivity index (χ0n) is 11.8. The van der Waals surface area contributed by atoms with Crippen LogP contribution in [0.25, 0.3) is 0 Å². The molecular formula is C14H19N3O2S. The summed E-state index contributed by atoms with van der Waals surface area (Å²) in [5.41, 5.74) is 6.52. The molecule has 0 saturated carbocycles. The Labute approximate surface area is 124 Å². The van der Waals surface area contributed by atoms with Gasteiger partial charge in [-0.05, 0) is 37.2 Å². The minimum atomic E-state index is -0.314. The van der Waals surface area contributed by atoms with Gasteiger partial charge in [0.15, 0.2) is 5.11 Å². The highest BCUT2D eigenvalue weighted by molar-refractivity contribution is 7.80. The maximum atomic E-state index is 11.8. The number of nitrogens with one attached hydrogen (secondary N) is 3. The van der Waals surface area contributed by atoms with Gasteiger partial charge in [0.1, 0.15) is 0 Å². The molecule has 2 amide bonds. The van der Waals surface area contributed by atoms with Crippen LogP contribution in [0.15, 0.2) is 24.3 Å². The first-order valence-electron chi connectivity index (χ1n) is 6.35. The van der Waals surface area contributed by atoms with Gasteiger partial charge in [-0.15, -0.1) is 0 Å². The lowest BCUT2D eigenvalue weighted by molar-refractivity contribution is -0.120. The third-order valence-electron chi connectivity index (χ3n) is 2.45. The van der Waals surface area contributed by atoms with Gasteiger partial charge in [0.05, 0.1) is 0 Å². The SMILES string of the molecule is Cc1ccc(C(=O)NNC(=S)NC(=O)CC(C)C)cc1. The highest BCUT2D eigenvalue weighted by Crippen LogP contribution is 2.02. The lowest BCUT2D eigenvalue weighted by Crippen LogP contribution is -2.48. The second-order valence-electron chi connectivity index (χ2n) is 4.92. The zero-order chi connectivity index (χ0) is 15.1. The van der Waals surface area contributed by atoms with Crippen molar-refractivity contribution < 1.29 is 9.59 Å². The van der Waals surface area contributed by atoms with E-state index in [0.717, 1.165) is 5.56 Å². The van der Waals surface area contributed by atoms with Crippen LogP contribution in [-0.2, 0) is 4.79 Å². The monoisotopic (exact) mass is 293 g/mol. The van der Waals surface area contributed by atoms with E-state index in [1.165, 1.54) is 0 Å². The maximum absolute atomic E-state index is 11.8. The lowest BCUT2D eigenvalue weighted by atomic mass is 10.1. The molecule has 0 spiro atoms. The highest BCUT2D eigenvalue weighted by atomic mass is 32.1. The van der Waals surface area contributed by atoms with Crippen LogP contribution in [0.5, 0.6) is 0 Å². The highest BCUT2D eigenvalue weighted by Gasteiger charge is 2.08. The summed E-state index contributed by atoms with van der Waals surface area (Å²) in [5, 5.41) is 2.57. The van der Waals surface area contributed by atoms with Crippen LogP contribution >= 0.6 is 12.2 Å². The minimum Gasteiger partial charge on any atom is -0.302 e. The molecule has 0 radical (unpaired) electrons. The van der Waals surface area contributed by atoms with Crippen LogP contribution in [0.2, 0.25) is 0 Å². The van der Waals surface area contributed by atoms with Gasteiger partial charge in [0.2, 0.25) is 5.91 Å². The normalized spacial score (nSPS) is 10.0. The predicted octanol–water partition coefficient (Wildman–Crippen LogP) is 1.68. The van der Waals surface area contributed by atoms with Crippen LogP contribution in [0.3, 0.4) is 0 Å². The van der Waals surface area contributed by atoms with E-state index in [9.17, 15) is 9.59 Å². The Kier molecular flexibility index (Phi) is 6.11. The summed E-state index contributed by atoms with van der Waals surface area (Å²) in [7, 11) is 0. The van der Waals surface area contributed by atoms with Crippen molar-refractivity contribution in [3.05, 3.63) is 35.4 Å². The molecule has 5 nitrogen and oxygen atoms in total. The second-order valence-corrected chi connectivity index (χ2v) is 5.33. The molecule has 0 aliphatic rings. The molecule has 0 aliphatic heterocycles. The van der Waals surface area contributed by atoms with Gasteiger partial charge in [0, 0.05) is 12.0 Å². The smallest absolute Gasteiger partial charge is 0.269 e. The van der Waals surface area contributed by atoms with E-state index in [4.69, 9.17) is 12.2 Å². The molecule has 0 saturated heterocycles. The number of thiocarbonyl (C=S) groups is 1. The van der Waals surface area contributed by atoms with Gasteiger partial charge in [-0.25, -0.2) is 0 Å². The van der Waals surface area contributed by atoms with E-state index in [2.05, 4.69) is 16.2 Å². The quantitative estimate of drug-likeness (QED) is 0.586. The van der Waals surface area contributed by atoms with Crippen LogP contribution < -0.4 is 16.2 Å². The summed E-state index contributed by atoms with van der Waals surface area (Å²) in [6.45, 7) is 5.82. The molecule has 0 aliphatic carbocycles. The second kappa shape index (κ2) is 7.59. The Morgan fingerprint density at radius 2 is 1.75 bits per heavy atom. The van der Waals surface area contributed by atoms with E-state index < -0.39 is 0 Å². The number of hydrogen-bond acceptors (Lipinski definition) is 3. The molecular weight excluding hydrogens is 274 g/mol. The number of hydrogen-bond donors (Lipinski definition) is 3. The molecule has 20 heavy (non-hydrogen) atoms. The van der Waals surface area contributed by atoms with Crippen molar-refractivity contribution in [2.24, 2.45) is 5.92 Å². The Hall–Kier alpha value is -1.95. The predicted molar refractivity (Wildman–Crippen MR) is 82.0 cm³/mol. The third kappa shape index (κ3) is 5.79. The number of carbonyl (C=O) groups excluding carboxylic acids is 2. The number of carbonyl (C=O) groups is 2. The largest absolute Gasteiger partial charge is 0.302 e. The number of rotatable bonds is 3. The molecule has 0 bridgehead atoms. The summed E-state index contributed by atoms with van der Waals surface area (Å²) in [5.74, 6) is -0.243. The molecule has 0 heterocycles. The third-order valence-corrected chi connectivity index (χ3v) is 2.65. The Bertz CT molecular complexity index is 498. The Morgan fingerprint density at radius 1 is 1.15 bits per heavy atom. The number of benzene rings is 1. The fraction of sp³-hybridized carbons (Fsp3) is 0.357. The van der Waals surface area contributed by atoms with Crippen molar-refractivity contribution in [2.75, 3.05) is 0 Å². The zero-order valence-corrected chi connectivity index (χ0v) is 12.6. The molecule has 0 unspecified atom stereocenters. The molecule has 0 atom stereocenters. The van der Waals surface area contributed by atoms with Crippen molar-refractivity contribution in [2.45, 2.75) is 27.2 Å². The molecule has 3 N–H and O–H groups in total. The molecule has 6 heteroatoms. The molecule has 1 aromatic rings. The fourth-order valence-electron chi connectivity index (χ4n) is 1.47. The van der Waals surface area contributed by atoms with Gasteiger partial charge < -0.3 is 5.32 Å².